The number of anilines is 1. The molecule has 0 aromatic heterocycles. The van der Waals surface area contributed by atoms with Crippen molar-refractivity contribution in [3.8, 4) is 11.5 Å². The van der Waals surface area contributed by atoms with Crippen LogP contribution < -0.4 is 19.1 Å². The van der Waals surface area contributed by atoms with Gasteiger partial charge in [0.2, 0.25) is 21.8 Å². The van der Waals surface area contributed by atoms with Gasteiger partial charge in [0.15, 0.2) is 0 Å². The summed E-state index contributed by atoms with van der Waals surface area (Å²) in [7, 11) is 0.499. The van der Waals surface area contributed by atoms with E-state index in [1.165, 1.54) is 31.2 Å². The third-order valence-corrected chi connectivity index (χ3v) is 6.38. The van der Waals surface area contributed by atoms with Gasteiger partial charge in [-0.05, 0) is 42.8 Å². The number of hydrogen-bond donors (Lipinski definition) is 1. The molecule has 2 aromatic rings. The second-order valence-electron chi connectivity index (χ2n) is 7.25. The zero-order valence-electron chi connectivity index (χ0n) is 19.2. The van der Waals surface area contributed by atoms with Gasteiger partial charge in [0, 0.05) is 18.6 Å². The number of likely N-dealkylation sites (N-methyl/N-ethyl adjacent to an activating group) is 1. The second kappa shape index (κ2) is 11.2. The maximum Gasteiger partial charge on any atom is 0.244 e. The Morgan fingerprint density at radius 2 is 1.73 bits per heavy atom. The Hall–Kier alpha value is -2.98. The molecule has 0 saturated heterocycles. The largest absolute Gasteiger partial charge is 0.497 e. The van der Waals surface area contributed by atoms with Crippen molar-refractivity contribution in [2.45, 2.75) is 19.5 Å². The van der Waals surface area contributed by atoms with E-state index in [0.29, 0.717) is 5.75 Å². The lowest BCUT2D eigenvalue weighted by Gasteiger charge is -2.31. The van der Waals surface area contributed by atoms with Crippen LogP contribution in [0.1, 0.15) is 12.5 Å². The molecule has 0 heterocycles. The zero-order chi connectivity index (χ0) is 24.8. The van der Waals surface area contributed by atoms with E-state index in [-0.39, 0.29) is 28.9 Å². The number of sulfonamides is 1. The number of rotatable bonds is 10. The number of carbonyl (C=O) groups excluding carboxylic acids is 2. The summed E-state index contributed by atoms with van der Waals surface area (Å²) >= 11 is 6.07. The summed E-state index contributed by atoms with van der Waals surface area (Å²) in [5.41, 5.74) is 0.865. The van der Waals surface area contributed by atoms with Gasteiger partial charge in [-0.1, -0.05) is 23.7 Å². The highest BCUT2D eigenvalue weighted by molar-refractivity contribution is 7.92. The van der Waals surface area contributed by atoms with Gasteiger partial charge in [-0.15, -0.1) is 0 Å². The van der Waals surface area contributed by atoms with Crippen molar-refractivity contribution in [3.63, 3.8) is 0 Å². The maximum absolute atomic E-state index is 13.4. The fourth-order valence-electron chi connectivity index (χ4n) is 3.17. The third kappa shape index (κ3) is 6.75. The molecule has 0 aliphatic heterocycles. The standard InChI is InChI=1S/C22H28ClN3O6S/c1-15(22(28)24-2)25(13-16-6-9-18(31-3)10-7-16)21(27)14-26(33(5,29)30)19-12-17(23)8-11-20(19)32-4/h6-12,15H,13-14H2,1-5H3,(H,24,28). The summed E-state index contributed by atoms with van der Waals surface area (Å²) in [5.74, 6) is -0.0802. The molecule has 0 radical (unpaired) electrons. The Morgan fingerprint density at radius 3 is 2.24 bits per heavy atom. The van der Waals surface area contributed by atoms with Gasteiger partial charge in [-0.25, -0.2) is 8.42 Å². The van der Waals surface area contributed by atoms with Crippen molar-refractivity contribution in [2.24, 2.45) is 0 Å². The van der Waals surface area contributed by atoms with E-state index in [0.717, 1.165) is 16.1 Å². The summed E-state index contributed by atoms with van der Waals surface area (Å²) in [4.78, 5) is 27.1. The molecule has 0 aliphatic carbocycles. The van der Waals surface area contributed by atoms with E-state index in [9.17, 15) is 18.0 Å². The Kier molecular flexibility index (Phi) is 8.95. The van der Waals surface area contributed by atoms with Gasteiger partial charge in [0.25, 0.3) is 0 Å². The first-order chi connectivity index (χ1) is 15.5. The molecule has 1 atom stereocenters. The predicted molar refractivity (Wildman–Crippen MR) is 127 cm³/mol. The monoisotopic (exact) mass is 497 g/mol. The maximum atomic E-state index is 13.4. The number of halogens is 1. The lowest BCUT2D eigenvalue weighted by molar-refractivity contribution is -0.139. The minimum atomic E-state index is -3.90. The smallest absolute Gasteiger partial charge is 0.244 e. The molecule has 2 rings (SSSR count). The molecule has 1 N–H and O–H groups in total. The normalized spacial score (nSPS) is 11.9. The summed E-state index contributed by atoms with van der Waals surface area (Å²) in [6, 6.07) is 10.6. The van der Waals surface area contributed by atoms with Crippen LogP contribution in [0, 0.1) is 0 Å². The Bertz CT molecular complexity index is 1090. The quantitative estimate of drug-likeness (QED) is 0.540. The van der Waals surface area contributed by atoms with E-state index in [1.54, 1.807) is 44.4 Å². The van der Waals surface area contributed by atoms with Gasteiger partial charge in [-0.3, -0.25) is 13.9 Å². The molecule has 0 saturated carbocycles. The number of benzene rings is 2. The third-order valence-electron chi connectivity index (χ3n) is 5.01. The van der Waals surface area contributed by atoms with Crippen molar-refractivity contribution in [1.29, 1.82) is 0 Å². The van der Waals surface area contributed by atoms with Crippen LogP contribution in [0.5, 0.6) is 11.5 Å². The first-order valence-corrected chi connectivity index (χ1v) is 12.2. The fourth-order valence-corrected chi connectivity index (χ4v) is 4.18. The fraction of sp³-hybridized carbons (Fsp3) is 0.364. The lowest BCUT2D eigenvalue weighted by Crippen LogP contribution is -2.50. The molecule has 2 amide bonds. The van der Waals surface area contributed by atoms with Crippen LogP contribution in [0.2, 0.25) is 5.02 Å². The molecule has 11 heteroatoms. The van der Waals surface area contributed by atoms with E-state index in [2.05, 4.69) is 5.32 Å². The SMILES string of the molecule is CNC(=O)C(C)N(Cc1ccc(OC)cc1)C(=O)CN(c1cc(Cl)ccc1OC)S(C)(=O)=O. The number of hydrogen-bond acceptors (Lipinski definition) is 6. The van der Waals surface area contributed by atoms with Crippen LogP contribution in [0.25, 0.3) is 0 Å². The van der Waals surface area contributed by atoms with E-state index in [4.69, 9.17) is 21.1 Å². The minimum absolute atomic E-state index is 0.0850. The lowest BCUT2D eigenvalue weighted by atomic mass is 10.1. The first-order valence-electron chi connectivity index (χ1n) is 9.97. The highest BCUT2D eigenvalue weighted by Crippen LogP contribution is 2.33. The summed E-state index contributed by atoms with van der Waals surface area (Å²) in [5, 5.41) is 2.80. The summed E-state index contributed by atoms with van der Waals surface area (Å²) in [6.45, 7) is 1.11. The zero-order valence-corrected chi connectivity index (χ0v) is 20.7. The van der Waals surface area contributed by atoms with Crippen molar-refractivity contribution < 1.29 is 27.5 Å². The molecular formula is C22H28ClN3O6S. The molecule has 0 fully saturated rings. The number of methoxy groups -OCH3 is 2. The molecule has 0 bridgehead atoms. The molecule has 0 spiro atoms. The number of nitrogens with zero attached hydrogens (tertiary/aromatic N) is 2. The van der Waals surface area contributed by atoms with Crippen molar-refractivity contribution >= 4 is 39.1 Å². The first kappa shape index (κ1) is 26.3. The Labute approximate surface area is 199 Å². The Morgan fingerprint density at radius 1 is 1.09 bits per heavy atom. The molecular weight excluding hydrogens is 470 g/mol. The molecule has 2 aromatic carbocycles. The number of ether oxygens (including phenoxy) is 2. The van der Waals surface area contributed by atoms with Crippen LogP contribution >= 0.6 is 11.6 Å². The second-order valence-corrected chi connectivity index (χ2v) is 9.59. The molecule has 180 valence electrons. The van der Waals surface area contributed by atoms with Crippen LogP contribution in [-0.2, 0) is 26.2 Å². The van der Waals surface area contributed by atoms with Gasteiger partial charge in [0.05, 0.1) is 26.2 Å². The average molecular weight is 498 g/mol. The number of amides is 2. The highest BCUT2D eigenvalue weighted by Gasteiger charge is 2.31. The van der Waals surface area contributed by atoms with Gasteiger partial charge in [-0.2, -0.15) is 0 Å². The molecule has 1 unspecified atom stereocenters. The van der Waals surface area contributed by atoms with Crippen LogP contribution in [0.4, 0.5) is 5.69 Å². The molecule has 0 aliphatic rings. The van der Waals surface area contributed by atoms with Gasteiger partial charge >= 0.3 is 0 Å². The highest BCUT2D eigenvalue weighted by atomic mass is 35.5. The van der Waals surface area contributed by atoms with E-state index in [1.807, 2.05) is 0 Å². The molecule has 9 nitrogen and oxygen atoms in total. The van der Waals surface area contributed by atoms with Crippen LogP contribution in [0.3, 0.4) is 0 Å². The van der Waals surface area contributed by atoms with E-state index < -0.39 is 28.5 Å². The summed E-state index contributed by atoms with van der Waals surface area (Å²) in [6.07, 6.45) is 0.983. The predicted octanol–water partition coefficient (Wildman–Crippen LogP) is 2.29. The van der Waals surface area contributed by atoms with Crippen molar-refractivity contribution in [2.75, 3.05) is 38.4 Å². The average Bonchev–Trinajstić information content (AvgIpc) is 2.79. The molecule has 33 heavy (non-hydrogen) atoms. The van der Waals surface area contributed by atoms with E-state index >= 15 is 0 Å². The topological polar surface area (TPSA) is 105 Å². The van der Waals surface area contributed by atoms with Crippen molar-refractivity contribution in [1.82, 2.24) is 10.2 Å². The Balaban J connectivity index is 2.44. The number of nitrogens with one attached hydrogen (secondary N) is 1. The van der Waals surface area contributed by atoms with Crippen LogP contribution in [-0.4, -0.2) is 65.2 Å². The minimum Gasteiger partial charge on any atom is -0.497 e. The summed E-state index contributed by atoms with van der Waals surface area (Å²) < 4.78 is 36.6. The van der Waals surface area contributed by atoms with Crippen molar-refractivity contribution in [3.05, 3.63) is 53.1 Å². The van der Waals surface area contributed by atoms with Gasteiger partial charge in [0.1, 0.15) is 24.1 Å². The number of carbonyl (C=O) groups is 2. The van der Waals surface area contributed by atoms with Gasteiger partial charge < -0.3 is 19.7 Å². The van der Waals surface area contributed by atoms with Crippen LogP contribution in [0.15, 0.2) is 42.5 Å².